The number of halogens is 5. The van der Waals surface area contributed by atoms with E-state index < -0.39 is 29.4 Å². The van der Waals surface area contributed by atoms with Gasteiger partial charge < -0.3 is 5.73 Å². The Kier molecular flexibility index (Phi) is 4.00. The Hall–Kier alpha value is -1.95. The molecule has 0 bridgehead atoms. The van der Waals surface area contributed by atoms with Crippen molar-refractivity contribution in [3.05, 3.63) is 70.3 Å². The van der Waals surface area contributed by atoms with Crippen LogP contribution >= 0.6 is 0 Å². The monoisotopic (exact) mass is 301 g/mol. The van der Waals surface area contributed by atoms with Crippen LogP contribution in [0.4, 0.5) is 22.0 Å². The summed E-state index contributed by atoms with van der Waals surface area (Å²) in [6.45, 7) is 1.54. The van der Waals surface area contributed by atoms with E-state index in [0.717, 1.165) is 12.1 Å². The summed E-state index contributed by atoms with van der Waals surface area (Å²) in [6.07, 6.45) is -4.75. The van der Waals surface area contributed by atoms with Crippen LogP contribution in [0.2, 0.25) is 0 Å². The lowest BCUT2D eigenvalue weighted by molar-refractivity contribution is -0.140. The van der Waals surface area contributed by atoms with Crippen LogP contribution in [0.15, 0.2) is 36.4 Å². The zero-order valence-electron chi connectivity index (χ0n) is 11.0. The Balaban J connectivity index is 2.38. The van der Waals surface area contributed by atoms with Gasteiger partial charge in [-0.05, 0) is 41.8 Å². The molecule has 0 aliphatic carbocycles. The quantitative estimate of drug-likeness (QED) is 0.820. The van der Waals surface area contributed by atoms with Crippen molar-refractivity contribution in [2.75, 3.05) is 0 Å². The summed E-state index contributed by atoms with van der Waals surface area (Å²) in [7, 11) is 0. The Labute approximate surface area is 118 Å². The molecule has 21 heavy (non-hydrogen) atoms. The number of hydrogen-bond donors (Lipinski definition) is 1. The van der Waals surface area contributed by atoms with Gasteiger partial charge in [0.05, 0.1) is 11.6 Å². The maximum Gasteiger partial charge on any atom is 0.419 e. The van der Waals surface area contributed by atoms with Gasteiger partial charge in [-0.3, -0.25) is 0 Å². The normalized spacial score (nSPS) is 13.3. The van der Waals surface area contributed by atoms with E-state index >= 15 is 0 Å². The molecule has 2 aromatic carbocycles. The van der Waals surface area contributed by atoms with Gasteiger partial charge in [0, 0.05) is 0 Å². The van der Waals surface area contributed by atoms with Gasteiger partial charge in [0.15, 0.2) is 0 Å². The molecule has 0 aliphatic rings. The minimum absolute atomic E-state index is 0.187. The highest BCUT2D eigenvalue weighted by atomic mass is 19.4. The van der Waals surface area contributed by atoms with Crippen LogP contribution in [0.5, 0.6) is 0 Å². The molecule has 0 saturated heterocycles. The lowest BCUT2D eigenvalue weighted by Crippen LogP contribution is -2.14. The number of hydrogen-bond acceptors (Lipinski definition) is 1. The zero-order valence-corrected chi connectivity index (χ0v) is 11.0. The molecule has 2 N–H and O–H groups in total. The van der Waals surface area contributed by atoms with Gasteiger partial charge in [-0.25, -0.2) is 8.78 Å². The second-order valence-corrected chi connectivity index (χ2v) is 4.72. The van der Waals surface area contributed by atoms with Crippen LogP contribution in [0, 0.1) is 18.6 Å². The SMILES string of the molecule is Cc1cc(C(N)c2ccc(C(F)(F)F)c(F)c2)ccc1F. The van der Waals surface area contributed by atoms with Crippen molar-refractivity contribution < 1.29 is 22.0 Å². The summed E-state index contributed by atoms with van der Waals surface area (Å²) >= 11 is 0. The van der Waals surface area contributed by atoms with Gasteiger partial charge in [-0.2, -0.15) is 13.2 Å². The van der Waals surface area contributed by atoms with Gasteiger partial charge in [0.2, 0.25) is 0 Å². The average Bonchev–Trinajstić information content (AvgIpc) is 2.39. The van der Waals surface area contributed by atoms with E-state index in [4.69, 9.17) is 5.73 Å². The minimum atomic E-state index is -4.75. The van der Waals surface area contributed by atoms with Crippen LogP contribution in [-0.4, -0.2) is 0 Å². The molecule has 1 unspecified atom stereocenters. The minimum Gasteiger partial charge on any atom is -0.320 e. The van der Waals surface area contributed by atoms with E-state index in [1.54, 1.807) is 6.92 Å². The van der Waals surface area contributed by atoms with E-state index in [9.17, 15) is 22.0 Å². The lowest BCUT2D eigenvalue weighted by Gasteiger charge is -2.15. The maximum atomic E-state index is 13.5. The van der Waals surface area contributed by atoms with E-state index in [0.29, 0.717) is 17.2 Å². The fourth-order valence-electron chi connectivity index (χ4n) is 2.01. The van der Waals surface area contributed by atoms with E-state index in [2.05, 4.69) is 0 Å². The van der Waals surface area contributed by atoms with Crippen molar-refractivity contribution in [2.45, 2.75) is 19.1 Å². The van der Waals surface area contributed by atoms with E-state index in [1.165, 1.54) is 18.2 Å². The highest BCUT2D eigenvalue weighted by molar-refractivity contribution is 5.36. The maximum absolute atomic E-state index is 13.5. The van der Waals surface area contributed by atoms with Gasteiger partial charge in [0.25, 0.3) is 0 Å². The zero-order chi connectivity index (χ0) is 15.8. The van der Waals surface area contributed by atoms with Gasteiger partial charge in [-0.15, -0.1) is 0 Å². The first-order valence-electron chi connectivity index (χ1n) is 6.08. The first-order chi connectivity index (χ1) is 9.70. The number of nitrogens with two attached hydrogens (primary N) is 1. The molecule has 2 rings (SSSR count). The Morgan fingerprint density at radius 1 is 0.905 bits per heavy atom. The average molecular weight is 301 g/mol. The lowest BCUT2D eigenvalue weighted by atomic mass is 9.97. The third-order valence-electron chi connectivity index (χ3n) is 3.20. The second-order valence-electron chi connectivity index (χ2n) is 4.72. The van der Waals surface area contributed by atoms with Crippen molar-refractivity contribution >= 4 is 0 Å². The van der Waals surface area contributed by atoms with Crippen molar-refractivity contribution in [3.63, 3.8) is 0 Å². The van der Waals surface area contributed by atoms with Crippen LogP contribution < -0.4 is 5.73 Å². The number of rotatable bonds is 2. The summed E-state index contributed by atoms with van der Waals surface area (Å²) in [6, 6.07) is 5.81. The van der Waals surface area contributed by atoms with Crippen LogP contribution in [0.1, 0.15) is 28.3 Å². The Morgan fingerprint density at radius 2 is 1.48 bits per heavy atom. The largest absolute Gasteiger partial charge is 0.419 e. The highest BCUT2D eigenvalue weighted by Gasteiger charge is 2.34. The molecule has 0 aromatic heterocycles. The summed E-state index contributed by atoms with van der Waals surface area (Å²) in [4.78, 5) is 0. The van der Waals surface area contributed by atoms with E-state index in [-0.39, 0.29) is 5.56 Å². The third-order valence-corrected chi connectivity index (χ3v) is 3.20. The summed E-state index contributed by atoms with van der Waals surface area (Å²) in [5.74, 6) is -1.79. The first kappa shape index (κ1) is 15.4. The van der Waals surface area contributed by atoms with Crippen molar-refractivity contribution in [3.8, 4) is 0 Å². The molecule has 112 valence electrons. The molecule has 2 aromatic rings. The molecule has 0 radical (unpaired) electrons. The van der Waals surface area contributed by atoms with Gasteiger partial charge in [0.1, 0.15) is 11.6 Å². The second kappa shape index (κ2) is 5.44. The third kappa shape index (κ3) is 3.21. The molecule has 1 nitrogen and oxygen atoms in total. The van der Waals surface area contributed by atoms with Crippen LogP contribution in [0.25, 0.3) is 0 Å². The summed E-state index contributed by atoms with van der Waals surface area (Å²) < 4.78 is 64.2. The van der Waals surface area contributed by atoms with Crippen LogP contribution in [-0.2, 0) is 6.18 Å². The molecular formula is C15H12F5N. The standard InChI is InChI=1S/C15H12F5N/c1-8-6-9(3-5-12(8)16)14(21)10-2-4-11(13(17)7-10)15(18,19)20/h2-7,14H,21H2,1H3. The predicted molar refractivity (Wildman–Crippen MR) is 68.6 cm³/mol. The smallest absolute Gasteiger partial charge is 0.320 e. The highest BCUT2D eigenvalue weighted by Crippen LogP contribution is 2.33. The molecule has 0 spiro atoms. The molecular weight excluding hydrogens is 289 g/mol. The Morgan fingerprint density at radius 3 is 2.00 bits per heavy atom. The molecule has 0 amide bonds. The molecule has 0 aliphatic heterocycles. The van der Waals surface area contributed by atoms with Gasteiger partial charge in [-0.1, -0.05) is 18.2 Å². The molecule has 6 heteroatoms. The van der Waals surface area contributed by atoms with Crippen LogP contribution in [0.3, 0.4) is 0 Å². The summed E-state index contributed by atoms with van der Waals surface area (Å²) in [5, 5.41) is 0. The first-order valence-corrected chi connectivity index (χ1v) is 6.08. The van der Waals surface area contributed by atoms with Crippen molar-refractivity contribution in [2.24, 2.45) is 5.73 Å². The number of aryl methyl sites for hydroxylation is 1. The fourth-order valence-corrected chi connectivity index (χ4v) is 2.01. The van der Waals surface area contributed by atoms with Crippen molar-refractivity contribution in [1.82, 2.24) is 0 Å². The summed E-state index contributed by atoms with van der Waals surface area (Å²) in [5.41, 5.74) is 5.59. The number of benzene rings is 2. The Bertz CT molecular complexity index is 664. The molecule has 0 fully saturated rings. The number of alkyl halides is 3. The van der Waals surface area contributed by atoms with Crippen molar-refractivity contribution in [1.29, 1.82) is 0 Å². The fraction of sp³-hybridized carbons (Fsp3) is 0.200. The molecule has 0 saturated carbocycles. The predicted octanol–water partition coefficient (Wildman–Crippen LogP) is 4.34. The topological polar surface area (TPSA) is 26.0 Å². The van der Waals surface area contributed by atoms with Gasteiger partial charge >= 0.3 is 6.18 Å². The molecule has 0 heterocycles. The van der Waals surface area contributed by atoms with E-state index in [1.807, 2.05) is 0 Å². The molecule has 1 atom stereocenters.